The first-order valence-corrected chi connectivity index (χ1v) is 6.42. The second kappa shape index (κ2) is 6.04. The van der Waals surface area contributed by atoms with Crippen molar-refractivity contribution in [1.82, 2.24) is 9.78 Å². The van der Waals surface area contributed by atoms with Gasteiger partial charge in [-0.1, -0.05) is 25.1 Å². The Morgan fingerprint density at radius 2 is 2.10 bits per heavy atom. The summed E-state index contributed by atoms with van der Waals surface area (Å²) < 4.78 is 1.41. The molecule has 0 amide bonds. The quantitative estimate of drug-likeness (QED) is 0.821. The number of nitrogens with zero attached hydrogens (tertiary/aromatic N) is 2. The predicted molar refractivity (Wildman–Crippen MR) is 79.1 cm³/mol. The largest absolute Gasteiger partial charge is 0.478 e. The van der Waals surface area contributed by atoms with Gasteiger partial charge < -0.3 is 10.8 Å². The summed E-state index contributed by atoms with van der Waals surface area (Å²) in [5, 5.41) is 13.0. The van der Waals surface area contributed by atoms with E-state index in [1.807, 2.05) is 13.0 Å². The number of hydrogen-bond donors (Lipinski definition) is 2. The Balaban J connectivity index is 2.36. The lowest BCUT2D eigenvalue weighted by Gasteiger charge is -2.02. The van der Waals surface area contributed by atoms with Gasteiger partial charge in [0.1, 0.15) is 5.82 Å². The number of allylic oxidation sites excluding steroid dienone is 1. The zero-order chi connectivity index (χ0) is 15.4. The molecular weight excluding hydrogens is 270 g/mol. The fourth-order valence-corrected chi connectivity index (χ4v) is 1.82. The zero-order valence-electron chi connectivity index (χ0n) is 11.5. The molecular formula is C15H15N3O3. The van der Waals surface area contributed by atoms with Gasteiger partial charge in [0.2, 0.25) is 0 Å². The van der Waals surface area contributed by atoms with E-state index in [4.69, 9.17) is 10.8 Å². The SMILES string of the molecule is CC/C=C/n1ncc(C(=O)c2cccc(C(=O)O)c2)c1N. The summed E-state index contributed by atoms with van der Waals surface area (Å²) in [7, 11) is 0. The van der Waals surface area contributed by atoms with Crippen molar-refractivity contribution in [3.05, 3.63) is 53.2 Å². The van der Waals surface area contributed by atoms with Crippen LogP contribution in [0.1, 0.15) is 39.6 Å². The van der Waals surface area contributed by atoms with Crippen molar-refractivity contribution in [3.8, 4) is 0 Å². The molecule has 0 spiro atoms. The third-order valence-corrected chi connectivity index (χ3v) is 2.93. The highest BCUT2D eigenvalue weighted by atomic mass is 16.4. The number of benzene rings is 1. The molecule has 1 heterocycles. The van der Waals surface area contributed by atoms with Crippen LogP contribution in [-0.4, -0.2) is 26.6 Å². The summed E-state index contributed by atoms with van der Waals surface area (Å²) in [5.74, 6) is -1.21. The number of carbonyl (C=O) groups is 2. The number of rotatable bonds is 5. The van der Waals surface area contributed by atoms with Crippen molar-refractivity contribution in [3.63, 3.8) is 0 Å². The monoisotopic (exact) mass is 285 g/mol. The standard InChI is InChI=1S/C15H15N3O3/c1-2-3-7-18-14(16)12(9-17-18)13(19)10-5-4-6-11(8-10)15(20)21/h3-9H,2,16H2,1H3,(H,20,21)/b7-3+. The van der Waals surface area contributed by atoms with E-state index < -0.39 is 5.97 Å². The van der Waals surface area contributed by atoms with Gasteiger partial charge in [0.05, 0.1) is 17.3 Å². The molecule has 1 aromatic carbocycles. The highest BCUT2D eigenvalue weighted by molar-refractivity contribution is 6.12. The third kappa shape index (κ3) is 3.00. The van der Waals surface area contributed by atoms with E-state index in [-0.39, 0.29) is 28.3 Å². The molecule has 0 saturated carbocycles. The Labute approximate surface area is 121 Å². The van der Waals surface area contributed by atoms with E-state index in [9.17, 15) is 9.59 Å². The van der Waals surface area contributed by atoms with Gasteiger partial charge in [0.15, 0.2) is 5.78 Å². The fourth-order valence-electron chi connectivity index (χ4n) is 1.82. The maximum absolute atomic E-state index is 12.4. The molecule has 2 aromatic rings. The van der Waals surface area contributed by atoms with Gasteiger partial charge in [-0.05, 0) is 18.6 Å². The highest BCUT2D eigenvalue weighted by Gasteiger charge is 2.17. The van der Waals surface area contributed by atoms with E-state index >= 15 is 0 Å². The third-order valence-electron chi connectivity index (χ3n) is 2.93. The van der Waals surface area contributed by atoms with Gasteiger partial charge in [0.25, 0.3) is 0 Å². The number of nitrogen functional groups attached to an aromatic ring is 1. The number of carboxylic acids is 1. The molecule has 0 fully saturated rings. The molecule has 21 heavy (non-hydrogen) atoms. The van der Waals surface area contributed by atoms with Crippen LogP contribution < -0.4 is 5.73 Å². The molecule has 0 aliphatic heterocycles. The van der Waals surface area contributed by atoms with Gasteiger partial charge >= 0.3 is 5.97 Å². The average molecular weight is 285 g/mol. The number of anilines is 1. The van der Waals surface area contributed by atoms with Crippen LogP contribution in [-0.2, 0) is 0 Å². The Bertz CT molecular complexity index is 717. The topological polar surface area (TPSA) is 98.2 Å². The Hall–Kier alpha value is -2.89. The lowest BCUT2D eigenvalue weighted by molar-refractivity contribution is 0.0697. The number of nitrogens with two attached hydrogens (primary N) is 1. The van der Waals surface area contributed by atoms with Crippen molar-refractivity contribution < 1.29 is 14.7 Å². The van der Waals surface area contributed by atoms with Gasteiger partial charge in [-0.3, -0.25) is 4.79 Å². The molecule has 0 aliphatic carbocycles. The maximum atomic E-state index is 12.4. The van der Waals surface area contributed by atoms with Crippen LogP contribution in [0, 0.1) is 0 Å². The minimum Gasteiger partial charge on any atom is -0.478 e. The number of ketones is 1. The van der Waals surface area contributed by atoms with E-state index in [0.717, 1.165) is 6.42 Å². The Morgan fingerprint density at radius 3 is 2.76 bits per heavy atom. The number of aromatic carboxylic acids is 1. The molecule has 0 unspecified atom stereocenters. The molecule has 3 N–H and O–H groups in total. The summed E-state index contributed by atoms with van der Waals surface area (Å²) in [6, 6.07) is 5.82. The van der Waals surface area contributed by atoms with Crippen molar-refractivity contribution in [2.24, 2.45) is 0 Å². The summed E-state index contributed by atoms with van der Waals surface area (Å²) in [5.41, 5.74) is 6.46. The minimum atomic E-state index is -1.08. The Kier molecular flexibility index (Phi) is 4.18. The predicted octanol–water partition coefficient (Wildman–Crippen LogP) is 2.28. The van der Waals surface area contributed by atoms with E-state index in [0.29, 0.717) is 0 Å². The molecule has 0 atom stereocenters. The average Bonchev–Trinajstić information content (AvgIpc) is 2.85. The minimum absolute atomic E-state index is 0.0534. The van der Waals surface area contributed by atoms with Gasteiger partial charge in [-0.2, -0.15) is 5.10 Å². The van der Waals surface area contributed by atoms with Crippen LogP contribution in [0.5, 0.6) is 0 Å². The molecule has 0 radical (unpaired) electrons. The second-order valence-corrected chi connectivity index (χ2v) is 4.40. The van der Waals surface area contributed by atoms with Crippen molar-refractivity contribution in [2.45, 2.75) is 13.3 Å². The smallest absolute Gasteiger partial charge is 0.335 e. The van der Waals surface area contributed by atoms with Gasteiger partial charge in [0, 0.05) is 11.8 Å². The van der Waals surface area contributed by atoms with Crippen LogP contribution in [0.25, 0.3) is 6.20 Å². The van der Waals surface area contributed by atoms with E-state index in [1.165, 1.54) is 29.1 Å². The molecule has 0 saturated heterocycles. The van der Waals surface area contributed by atoms with Crippen molar-refractivity contribution in [1.29, 1.82) is 0 Å². The van der Waals surface area contributed by atoms with Crippen LogP contribution in [0.2, 0.25) is 0 Å². The number of carbonyl (C=O) groups excluding carboxylic acids is 1. The lowest BCUT2D eigenvalue weighted by Crippen LogP contribution is -2.07. The molecule has 6 heteroatoms. The summed E-state index contributed by atoms with van der Waals surface area (Å²) >= 11 is 0. The number of hydrogen-bond acceptors (Lipinski definition) is 4. The van der Waals surface area contributed by atoms with Crippen LogP contribution in [0.3, 0.4) is 0 Å². The molecule has 6 nitrogen and oxygen atoms in total. The van der Waals surface area contributed by atoms with E-state index in [2.05, 4.69) is 5.10 Å². The normalized spacial score (nSPS) is 10.9. The summed E-state index contributed by atoms with van der Waals surface area (Å²) in [4.78, 5) is 23.3. The zero-order valence-corrected chi connectivity index (χ0v) is 11.5. The highest BCUT2D eigenvalue weighted by Crippen LogP contribution is 2.17. The van der Waals surface area contributed by atoms with Gasteiger partial charge in [-0.25, -0.2) is 9.48 Å². The first kappa shape index (κ1) is 14.5. The first-order valence-electron chi connectivity index (χ1n) is 6.42. The van der Waals surface area contributed by atoms with Crippen LogP contribution in [0.4, 0.5) is 5.82 Å². The Morgan fingerprint density at radius 1 is 1.38 bits per heavy atom. The number of aromatic nitrogens is 2. The first-order chi connectivity index (χ1) is 10.0. The molecule has 0 aliphatic rings. The number of carboxylic acid groups (broad SMARTS) is 1. The molecule has 108 valence electrons. The van der Waals surface area contributed by atoms with Crippen LogP contribution >= 0.6 is 0 Å². The van der Waals surface area contributed by atoms with Gasteiger partial charge in [-0.15, -0.1) is 0 Å². The molecule has 0 bridgehead atoms. The molecule has 2 rings (SSSR count). The summed E-state index contributed by atoms with van der Waals surface area (Å²) in [6.45, 7) is 1.97. The van der Waals surface area contributed by atoms with Crippen molar-refractivity contribution in [2.75, 3.05) is 5.73 Å². The maximum Gasteiger partial charge on any atom is 0.335 e. The van der Waals surface area contributed by atoms with E-state index in [1.54, 1.807) is 12.3 Å². The fraction of sp³-hybridized carbons (Fsp3) is 0.133. The molecule has 1 aromatic heterocycles. The summed E-state index contributed by atoms with van der Waals surface area (Å²) in [6.07, 6.45) is 5.75. The van der Waals surface area contributed by atoms with Crippen LogP contribution in [0.15, 0.2) is 36.5 Å². The second-order valence-electron chi connectivity index (χ2n) is 4.40. The van der Waals surface area contributed by atoms with Crippen molar-refractivity contribution >= 4 is 23.8 Å². The lowest BCUT2D eigenvalue weighted by atomic mass is 10.0.